The molecule has 1 saturated carbocycles. The van der Waals surface area contributed by atoms with Gasteiger partial charge in [-0.15, -0.1) is 11.8 Å². The quantitative estimate of drug-likeness (QED) is 0.496. The second kappa shape index (κ2) is 9.00. The molecule has 1 aliphatic rings. The van der Waals surface area contributed by atoms with Gasteiger partial charge in [0.2, 0.25) is 0 Å². The van der Waals surface area contributed by atoms with E-state index in [2.05, 4.69) is 11.2 Å². The molecule has 0 aliphatic heterocycles. The lowest BCUT2D eigenvalue weighted by Gasteiger charge is -2.40. The molecule has 2 heterocycles. The minimum Gasteiger partial charge on any atom is -0.396 e. The minimum absolute atomic E-state index is 0.00556. The van der Waals surface area contributed by atoms with Gasteiger partial charge < -0.3 is 9.67 Å². The van der Waals surface area contributed by atoms with Gasteiger partial charge in [0.05, 0.1) is 11.9 Å². The predicted octanol–water partition coefficient (Wildman–Crippen LogP) is 5.02. The van der Waals surface area contributed by atoms with E-state index in [0.717, 1.165) is 46.7 Å². The fourth-order valence-corrected chi connectivity index (χ4v) is 5.33. The highest BCUT2D eigenvalue weighted by Gasteiger charge is 2.36. The molecule has 0 radical (unpaired) electrons. The van der Waals surface area contributed by atoms with Crippen molar-refractivity contribution in [2.45, 2.75) is 44.0 Å². The molecule has 1 N–H and O–H groups in total. The molecule has 1 fully saturated rings. The van der Waals surface area contributed by atoms with E-state index in [4.69, 9.17) is 11.6 Å². The molecule has 2 aromatic heterocycles. The smallest absolute Gasteiger partial charge is 0.250 e. The average molecular weight is 444 g/mol. The third-order valence-electron chi connectivity index (χ3n) is 5.83. The zero-order valence-corrected chi connectivity index (χ0v) is 18.6. The summed E-state index contributed by atoms with van der Waals surface area (Å²) in [5.41, 5.74) is 2.78. The molecule has 30 heavy (non-hydrogen) atoms. The first-order chi connectivity index (χ1) is 14.5. The van der Waals surface area contributed by atoms with E-state index in [-0.39, 0.29) is 17.6 Å². The maximum atomic E-state index is 12.0. The van der Waals surface area contributed by atoms with Crippen LogP contribution in [-0.2, 0) is 6.54 Å². The largest absolute Gasteiger partial charge is 0.396 e. The lowest BCUT2D eigenvalue weighted by molar-refractivity contribution is 0.0685. The molecule has 0 amide bonds. The standard InChI is InChI=1S/C23H26ClN3O2S/c1-2-10-26-14-18(4-7-22(26)29)27-13-17(12-25-27)20-6-5-19(11-21(20)24)30-16-23(15-28)8-3-9-23/h4-7,11-14,28H,2-3,8-10,15-16H2,1H3. The van der Waals surface area contributed by atoms with Crippen LogP contribution in [0.15, 0.2) is 58.6 Å². The van der Waals surface area contributed by atoms with E-state index in [1.165, 1.54) is 6.42 Å². The summed E-state index contributed by atoms with van der Waals surface area (Å²) < 4.78 is 3.47. The Labute approximate surface area is 185 Å². The monoisotopic (exact) mass is 443 g/mol. The highest BCUT2D eigenvalue weighted by atomic mass is 35.5. The van der Waals surface area contributed by atoms with Crippen molar-refractivity contribution in [2.75, 3.05) is 12.4 Å². The van der Waals surface area contributed by atoms with E-state index in [1.807, 2.05) is 31.5 Å². The summed E-state index contributed by atoms with van der Waals surface area (Å²) in [6, 6.07) is 9.45. The summed E-state index contributed by atoms with van der Waals surface area (Å²) in [7, 11) is 0. The van der Waals surface area contributed by atoms with Crippen molar-refractivity contribution < 1.29 is 5.11 Å². The summed E-state index contributed by atoms with van der Waals surface area (Å²) in [5.74, 6) is 0.921. The van der Waals surface area contributed by atoms with Crippen LogP contribution in [0.1, 0.15) is 32.6 Å². The van der Waals surface area contributed by atoms with Crippen LogP contribution in [0.4, 0.5) is 0 Å². The minimum atomic E-state index is -0.00556. The van der Waals surface area contributed by atoms with E-state index in [9.17, 15) is 9.90 Å². The van der Waals surface area contributed by atoms with Crippen molar-refractivity contribution in [3.05, 3.63) is 64.3 Å². The van der Waals surface area contributed by atoms with Crippen molar-refractivity contribution in [3.63, 3.8) is 0 Å². The number of thioether (sulfide) groups is 1. The highest BCUT2D eigenvalue weighted by Crippen LogP contribution is 2.44. The van der Waals surface area contributed by atoms with Crippen LogP contribution in [0.5, 0.6) is 0 Å². The van der Waals surface area contributed by atoms with Gasteiger partial charge in [-0.3, -0.25) is 4.79 Å². The van der Waals surface area contributed by atoms with Crippen LogP contribution in [0.2, 0.25) is 5.02 Å². The summed E-state index contributed by atoms with van der Waals surface area (Å²) in [5, 5.41) is 14.8. The predicted molar refractivity (Wildman–Crippen MR) is 123 cm³/mol. The van der Waals surface area contributed by atoms with Crippen molar-refractivity contribution >= 4 is 23.4 Å². The molecule has 7 heteroatoms. The topological polar surface area (TPSA) is 60.1 Å². The van der Waals surface area contributed by atoms with Crippen LogP contribution in [0.25, 0.3) is 16.8 Å². The molecule has 0 bridgehead atoms. The van der Waals surface area contributed by atoms with Crippen molar-refractivity contribution in [1.29, 1.82) is 0 Å². The highest BCUT2D eigenvalue weighted by molar-refractivity contribution is 7.99. The number of pyridine rings is 1. The molecule has 0 unspecified atom stereocenters. The van der Waals surface area contributed by atoms with Gasteiger partial charge in [0.25, 0.3) is 5.56 Å². The van der Waals surface area contributed by atoms with Crippen LogP contribution < -0.4 is 5.56 Å². The number of hydrogen-bond acceptors (Lipinski definition) is 4. The Morgan fingerprint density at radius 1 is 1.23 bits per heavy atom. The lowest BCUT2D eigenvalue weighted by Crippen LogP contribution is -2.35. The maximum absolute atomic E-state index is 12.0. The molecule has 1 aromatic carbocycles. The maximum Gasteiger partial charge on any atom is 0.250 e. The fourth-order valence-electron chi connectivity index (χ4n) is 3.75. The van der Waals surface area contributed by atoms with Crippen LogP contribution in [-0.4, -0.2) is 31.8 Å². The van der Waals surface area contributed by atoms with E-state index >= 15 is 0 Å². The number of aliphatic hydroxyl groups is 1. The van der Waals surface area contributed by atoms with Crippen LogP contribution >= 0.6 is 23.4 Å². The van der Waals surface area contributed by atoms with Gasteiger partial charge in [-0.1, -0.05) is 31.0 Å². The first kappa shape index (κ1) is 21.2. The molecule has 5 nitrogen and oxygen atoms in total. The lowest BCUT2D eigenvalue weighted by atomic mass is 9.71. The Hall–Kier alpha value is -2.02. The van der Waals surface area contributed by atoms with E-state index in [1.54, 1.807) is 39.3 Å². The van der Waals surface area contributed by atoms with Gasteiger partial charge in [-0.05, 0) is 37.5 Å². The fraction of sp³-hybridized carbons (Fsp3) is 0.391. The van der Waals surface area contributed by atoms with E-state index in [0.29, 0.717) is 11.6 Å². The molecule has 1 aliphatic carbocycles. The van der Waals surface area contributed by atoms with Crippen LogP contribution in [0, 0.1) is 5.41 Å². The Balaban J connectivity index is 1.52. The molecule has 3 aromatic rings. The zero-order chi connectivity index (χ0) is 21.1. The normalized spacial score (nSPS) is 15.2. The summed E-state index contributed by atoms with van der Waals surface area (Å²) in [6.07, 6.45) is 9.87. The first-order valence-corrected chi connectivity index (χ1v) is 11.7. The van der Waals surface area contributed by atoms with Gasteiger partial charge in [0, 0.05) is 63.8 Å². The Morgan fingerprint density at radius 3 is 2.73 bits per heavy atom. The zero-order valence-electron chi connectivity index (χ0n) is 17.1. The molecular formula is C23H26ClN3O2S. The molecule has 4 rings (SSSR count). The van der Waals surface area contributed by atoms with E-state index < -0.39 is 0 Å². The summed E-state index contributed by atoms with van der Waals surface area (Å²) >= 11 is 8.35. The molecular weight excluding hydrogens is 418 g/mol. The van der Waals surface area contributed by atoms with Crippen molar-refractivity contribution in [1.82, 2.24) is 14.3 Å². The van der Waals surface area contributed by atoms with Crippen molar-refractivity contribution in [2.24, 2.45) is 5.41 Å². The summed E-state index contributed by atoms with van der Waals surface area (Å²) in [4.78, 5) is 13.1. The Kier molecular flexibility index (Phi) is 6.37. The molecule has 0 atom stereocenters. The van der Waals surface area contributed by atoms with Gasteiger partial charge >= 0.3 is 0 Å². The Morgan fingerprint density at radius 2 is 2.07 bits per heavy atom. The number of rotatable bonds is 8. The number of aryl methyl sites for hydroxylation is 1. The van der Waals surface area contributed by atoms with Gasteiger partial charge in [0.15, 0.2) is 0 Å². The van der Waals surface area contributed by atoms with Gasteiger partial charge in [0.1, 0.15) is 0 Å². The molecule has 0 spiro atoms. The third kappa shape index (κ3) is 4.36. The summed E-state index contributed by atoms with van der Waals surface area (Å²) in [6.45, 7) is 2.99. The van der Waals surface area contributed by atoms with Crippen molar-refractivity contribution in [3.8, 4) is 16.8 Å². The van der Waals surface area contributed by atoms with Crippen LogP contribution in [0.3, 0.4) is 0 Å². The number of halogens is 1. The molecule has 158 valence electrons. The number of benzene rings is 1. The first-order valence-electron chi connectivity index (χ1n) is 10.3. The number of aromatic nitrogens is 3. The second-order valence-electron chi connectivity index (χ2n) is 8.03. The second-order valence-corrected chi connectivity index (χ2v) is 9.49. The van der Waals surface area contributed by atoms with Gasteiger partial charge in [-0.2, -0.15) is 5.10 Å². The third-order valence-corrected chi connectivity index (χ3v) is 7.48. The number of hydrogen-bond donors (Lipinski definition) is 1. The number of aliphatic hydroxyl groups excluding tert-OH is 1. The Bertz CT molecular complexity index is 1080. The molecule has 0 saturated heterocycles. The SMILES string of the molecule is CCCn1cc(-n2cc(-c3ccc(SCC4(CO)CCC4)cc3Cl)cn2)ccc1=O. The van der Waals surface area contributed by atoms with Gasteiger partial charge in [-0.25, -0.2) is 4.68 Å². The average Bonchev–Trinajstić information content (AvgIpc) is 3.19. The number of nitrogens with zero attached hydrogens (tertiary/aromatic N) is 3.